The van der Waals surface area contributed by atoms with Gasteiger partial charge in [0.25, 0.3) is 10.0 Å². The Kier molecular flexibility index (Phi) is 5.70. The van der Waals surface area contributed by atoms with E-state index in [1.807, 2.05) is 12.3 Å². The fourth-order valence-corrected chi connectivity index (χ4v) is 5.75. The number of aromatic nitrogens is 1. The fraction of sp³-hybridized carbons (Fsp3) is 0.312. The molecule has 0 spiro atoms. The number of sulfonamides is 1. The van der Waals surface area contributed by atoms with Crippen LogP contribution in [0.1, 0.15) is 10.8 Å². The van der Waals surface area contributed by atoms with Gasteiger partial charge in [0.05, 0.1) is 35.0 Å². The number of hydrogen-bond acceptors (Lipinski definition) is 7. The highest BCUT2D eigenvalue weighted by Gasteiger charge is 2.27. The summed E-state index contributed by atoms with van der Waals surface area (Å²) in [6.07, 6.45) is 1.53. The molecule has 3 heterocycles. The molecule has 0 fully saturated rings. The predicted octanol–water partition coefficient (Wildman–Crippen LogP) is 3.61. The average Bonchev–Trinajstić information content (AvgIpc) is 3.32. The Hall–Kier alpha value is -1.52. The first-order valence-corrected chi connectivity index (χ1v) is 10.7. The fourth-order valence-electron chi connectivity index (χ4n) is 2.25. The molecule has 0 atom stereocenters. The molecule has 25 heavy (non-hydrogen) atoms. The van der Waals surface area contributed by atoms with Crippen molar-refractivity contribution in [1.29, 1.82) is 0 Å². The SMILES string of the molecule is COCCN(Cc1ccco1)S(=O)(=O)c1ccc(-c2csc(C)n2)s1. The second-order valence-electron chi connectivity index (χ2n) is 5.28. The maximum atomic E-state index is 13.0. The largest absolute Gasteiger partial charge is 0.468 e. The van der Waals surface area contributed by atoms with Crippen molar-refractivity contribution in [2.75, 3.05) is 20.3 Å². The van der Waals surface area contributed by atoms with E-state index in [9.17, 15) is 8.42 Å². The average molecular weight is 399 g/mol. The summed E-state index contributed by atoms with van der Waals surface area (Å²) >= 11 is 2.77. The van der Waals surface area contributed by atoms with Gasteiger partial charge in [0.15, 0.2) is 0 Å². The van der Waals surface area contributed by atoms with Gasteiger partial charge in [-0.25, -0.2) is 13.4 Å². The van der Waals surface area contributed by atoms with Crippen LogP contribution in [0.25, 0.3) is 10.6 Å². The number of furan rings is 1. The zero-order valence-corrected chi connectivity index (χ0v) is 16.3. The third-order valence-electron chi connectivity index (χ3n) is 3.50. The van der Waals surface area contributed by atoms with Crippen LogP contribution >= 0.6 is 22.7 Å². The molecule has 0 N–H and O–H groups in total. The lowest BCUT2D eigenvalue weighted by Gasteiger charge is -2.19. The van der Waals surface area contributed by atoms with Crippen LogP contribution in [0.3, 0.4) is 0 Å². The van der Waals surface area contributed by atoms with E-state index in [4.69, 9.17) is 9.15 Å². The smallest absolute Gasteiger partial charge is 0.253 e. The van der Waals surface area contributed by atoms with Crippen molar-refractivity contribution in [2.24, 2.45) is 0 Å². The zero-order valence-electron chi connectivity index (χ0n) is 13.8. The van der Waals surface area contributed by atoms with E-state index in [0.29, 0.717) is 12.4 Å². The highest BCUT2D eigenvalue weighted by Crippen LogP contribution is 2.33. The Morgan fingerprint density at radius 2 is 2.16 bits per heavy atom. The van der Waals surface area contributed by atoms with Gasteiger partial charge in [-0.1, -0.05) is 0 Å². The Labute approximate surface area is 154 Å². The Bertz CT molecular complexity index is 913. The first-order chi connectivity index (χ1) is 12.0. The summed E-state index contributed by atoms with van der Waals surface area (Å²) in [4.78, 5) is 5.26. The van der Waals surface area contributed by atoms with Crippen LogP contribution < -0.4 is 0 Å². The van der Waals surface area contributed by atoms with Crippen molar-refractivity contribution < 1.29 is 17.6 Å². The first kappa shape index (κ1) is 18.3. The van der Waals surface area contributed by atoms with E-state index in [1.165, 1.54) is 21.9 Å². The number of hydrogen-bond donors (Lipinski definition) is 0. The topological polar surface area (TPSA) is 72.6 Å². The van der Waals surface area contributed by atoms with Crippen LogP contribution in [0, 0.1) is 6.92 Å². The minimum atomic E-state index is -3.64. The Morgan fingerprint density at radius 1 is 1.32 bits per heavy atom. The molecule has 0 aromatic carbocycles. The second-order valence-corrected chi connectivity index (χ2v) is 9.59. The highest BCUT2D eigenvalue weighted by molar-refractivity contribution is 7.91. The molecule has 0 bridgehead atoms. The number of rotatable bonds is 8. The maximum absolute atomic E-state index is 13.0. The summed E-state index contributed by atoms with van der Waals surface area (Å²) in [5.74, 6) is 0.589. The minimum absolute atomic E-state index is 0.168. The molecule has 0 saturated heterocycles. The molecule has 0 unspecified atom stereocenters. The third-order valence-corrected chi connectivity index (χ3v) is 7.70. The molecule has 0 aliphatic carbocycles. The lowest BCUT2D eigenvalue weighted by atomic mass is 10.4. The molecule has 0 radical (unpaired) electrons. The molecule has 3 aromatic heterocycles. The maximum Gasteiger partial charge on any atom is 0.253 e. The summed E-state index contributed by atoms with van der Waals surface area (Å²) in [6.45, 7) is 2.66. The number of thiazole rings is 1. The van der Waals surface area contributed by atoms with E-state index in [2.05, 4.69) is 4.98 Å². The van der Waals surface area contributed by atoms with E-state index in [-0.39, 0.29) is 17.3 Å². The van der Waals surface area contributed by atoms with E-state index in [0.717, 1.165) is 15.6 Å². The predicted molar refractivity (Wildman–Crippen MR) is 98.3 cm³/mol. The number of thiophene rings is 1. The summed E-state index contributed by atoms with van der Waals surface area (Å²) < 4.78 is 38.1. The van der Waals surface area contributed by atoms with Gasteiger partial charge in [0.2, 0.25) is 0 Å². The van der Waals surface area contributed by atoms with Gasteiger partial charge in [-0.3, -0.25) is 0 Å². The molecule has 0 aliphatic heterocycles. The highest BCUT2D eigenvalue weighted by atomic mass is 32.2. The summed E-state index contributed by atoms with van der Waals surface area (Å²) in [6, 6.07) is 6.93. The van der Waals surface area contributed by atoms with Crippen molar-refractivity contribution >= 4 is 32.7 Å². The number of methoxy groups -OCH3 is 1. The van der Waals surface area contributed by atoms with Gasteiger partial charge in [0, 0.05) is 19.0 Å². The van der Waals surface area contributed by atoms with Gasteiger partial charge in [-0.15, -0.1) is 22.7 Å². The number of aryl methyl sites for hydroxylation is 1. The molecule has 3 aromatic rings. The van der Waals surface area contributed by atoms with E-state index >= 15 is 0 Å². The summed E-state index contributed by atoms with van der Waals surface area (Å²) in [7, 11) is -2.10. The first-order valence-electron chi connectivity index (χ1n) is 7.54. The van der Waals surface area contributed by atoms with Gasteiger partial charge in [0.1, 0.15) is 9.97 Å². The van der Waals surface area contributed by atoms with Crippen molar-refractivity contribution in [3.05, 3.63) is 46.7 Å². The molecular weight excluding hydrogens is 380 g/mol. The molecule has 0 amide bonds. The van der Waals surface area contributed by atoms with Crippen molar-refractivity contribution in [2.45, 2.75) is 17.7 Å². The second kappa shape index (κ2) is 7.79. The molecule has 134 valence electrons. The van der Waals surface area contributed by atoms with Gasteiger partial charge in [-0.2, -0.15) is 4.31 Å². The Balaban J connectivity index is 1.87. The van der Waals surface area contributed by atoms with Crippen LogP contribution in [0.4, 0.5) is 0 Å². The molecule has 9 heteroatoms. The number of nitrogens with zero attached hydrogens (tertiary/aromatic N) is 2. The van der Waals surface area contributed by atoms with Crippen molar-refractivity contribution in [3.63, 3.8) is 0 Å². The van der Waals surface area contributed by atoms with E-state index < -0.39 is 10.0 Å². The lowest BCUT2D eigenvalue weighted by Crippen LogP contribution is -2.33. The van der Waals surface area contributed by atoms with Gasteiger partial charge in [-0.05, 0) is 31.2 Å². The lowest BCUT2D eigenvalue weighted by molar-refractivity contribution is 0.175. The van der Waals surface area contributed by atoms with Crippen LogP contribution in [0.2, 0.25) is 0 Å². The third kappa shape index (κ3) is 4.18. The van der Waals surface area contributed by atoms with Crippen LogP contribution in [0.15, 0.2) is 44.5 Å². The van der Waals surface area contributed by atoms with Crippen molar-refractivity contribution in [1.82, 2.24) is 9.29 Å². The van der Waals surface area contributed by atoms with Crippen LogP contribution in [0.5, 0.6) is 0 Å². The molecular formula is C16H18N2O4S3. The normalized spacial score (nSPS) is 12.1. The summed E-state index contributed by atoms with van der Waals surface area (Å²) in [5, 5.41) is 2.88. The molecule has 0 saturated carbocycles. The molecule has 3 rings (SSSR count). The number of ether oxygens (including phenoxy) is 1. The van der Waals surface area contributed by atoms with Gasteiger partial charge >= 0.3 is 0 Å². The standard InChI is InChI=1S/C16H18N2O4S3/c1-12-17-14(11-23-12)15-5-6-16(24-15)25(19,20)18(7-9-21-2)10-13-4-3-8-22-13/h3-6,8,11H,7,9-10H2,1-2H3. The zero-order chi connectivity index (χ0) is 17.9. The van der Waals surface area contributed by atoms with Crippen LogP contribution in [-0.4, -0.2) is 38.0 Å². The minimum Gasteiger partial charge on any atom is -0.468 e. The van der Waals surface area contributed by atoms with Crippen molar-refractivity contribution in [3.8, 4) is 10.6 Å². The Morgan fingerprint density at radius 3 is 2.80 bits per heavy atom. The monoisotopic (exact) mass is 398 g/mol. The van der Waals surface area contributed by atoms with Crippen LogP contribution in [-0.2, 0) is 21.3 Å². The quantitative estimate of drug-likeness (QED) is 0.580. The molecule has 6 nitrogen and oxygen atoms in total. The van der Waals surface area contributed by atoms with E-state index in [1.54, 1.807) is 42.7 Å². The van der Waals surface area contributed by atoms with Gasteiger partial charge < -0.3 is 9.15 Å². The summed E-state index contributed by atoms with van der Waals surface area (Å²) in [5.41, 5.74) is 0.809. The molecule has 0 aliphatic rings.